The maximum Gasteiger partial charge on any atom is 0.207 e. The van der Waals surface area contributed by atoms with Gasteiger partial charge in [-0.2, -0.15) is 0 Å². The lowest BCUT2D eigenvalue weighted by Crippen LogP contribution is -2.30. The van der Waals surface area contributed by atoms with E-state index in [1.54, 1.807) is 0 Å². The number of aromatic nitrogens is 1. The fourth-order valence-corrected chi connectivity index (χ4v) is 1.76. The Labute approximate surface area is 118 Å². The number of hydrogen-bond donors (Lipinski definition) is 2. The van der Waals surface area contributed by atoms with Crippen molar-refractivity contribution in [2.75, 3.05) is 13.6 Å². The molecule has 0 aliphatic rings. The summed E-state index contributed by atoms with van der Waals surface area (Å²) < 4.78 is 0.900. The van der Waals surface area contributed by atoms with Gasteiger partial charge in [0.25, 0.3) is 0 Å². The molecule has 1 aromatic heterocycles. The predicted octanol–water partition coefficient (Wildman–Crippen LogP) is 2.27. The van der Waals surface area contributed by atoms with Crippen molar-refractivity contribution in [3.63, 3.8) is 0 Å². The average Bonchev–Trinajstić information content (AvgIpc) is 2.35. The first-order valence-corrected chi connectivity index (χ1v) is 6.86. The van der Waals surface area contributed by atoms with E-state index in [2.05, 4.69) is 38.5 Å². The van der Waals surface area contributed by atoms with Gasteiger partial charge in [0.15, 0.2) is 0 Å². The molecule has 1 unspecified atom stereocenters. The van der Waals surface area contributed by atoms with Gasteiger partial charge in [-0.05, 0) is 61.4 Å². The summed E-state index contributed by atoms with van der Waals surface area (Å²) in [7, 11) is 1.91. The number of nitrogens with one attached hydrogen (secondary N) is 2. The number of halogens is 1. The van der Waals surface area contributed by atoms with Crippen molar-refractivity contribution in [2.24, 2.45) is 0 Å². The van der Waals surface area contributed by atoms with Crippen LogP contribution < -0.4 is 10.6 Å². The van der Waals surface area contributed by atoms with E-state index in [-0.39, 0.29) is 0 Å². The minimum atomic E-state index is 0.338. The van der Waals surface area contributed by atoms with Crippen LogP contribution in [-0.4, -0.2) is 31.0 Å². The van der Waals surface area contributed by atoms with Gasteiger partial charge < -0.3 is 10.6 Å². The van der Waals surface area contributed by atoms with Crippen LogP contribution in [0.15, 0.2) is 22.8 Å². The molecule has 18 heavy (non-hydrogen) atoms. The molecule has 1 amide bonds. The van der Waals surface area contributed by atoms with Crippen molar-refractivity contribution in [1.82, 2.24) is 15.6 Å². The van der Waals surface area contributed by atoms with E-state index < -0.39 is 0 Å². The molecule has 0 spiro atoms. The summed E-state index contributed by atoms with van der Waals surface area (Å²) in [6.07, 6.45) is 2.77. The van der Waals surface area contributed by atoms with Crippen molar-refractivity contribution >= 4 is 22.3 Å². The van der Waals surface area contributed by atoms with Crippen molar-refractivity contribution < 1.29 is 4.79 Å². The van der Waals surface area contributed by atoms with E-state index in [4.69, 9.17) is 0 Å². The minimum Gasteiger partial charge on any atom is -0.356 e. The molecule has 2 N–H and O–H groups in total. The van der Waals surface area contributed by atoms with E-state index in [1.807, 2.05) is 32.2 Å². The number of carbonyl (C=O) groups is 1. The van der Waals surface area contributed by atoms with Crippen molar-refractivity contribution in [1.29, 1.82) is 0 Å². The highest BCUT2D eigenvalue weighted by atomic mass is 79.9. The predicted molar refractivity (Wildman–Crippen MR) is 78.5 cm³/mol. The molecule has 4 nitrogen and oxygen atoms in total. The standard InChI is InChI=1S/C7H16N2O.C6H6BrN/c1-3-7(9-6-10)4-5-8-2;1-5-3-2-4-6(7)8-5/h6-8H,3-5H2,1-2H3,(H,9,10);2-4H,1H3. The third kappa shape index (κ3) is 9.13. The summed E-state index contributed by atoms with van der Waals surface area (Å²) in [4.78, 5) is 14.1. The van der Waals surface area contributed by atoms with Crippen LogP contribution in [0.5, 0.6) is 0 Å². The second kappa shape index (κ2) is 11.2. The first kappa shape index (κ1) is 17.1. The van der Waals surface area contributed by atoms with Gasteiger partial charge in [0, 0.05) is 11.7 Å². The molecule has 0 aliphatic heterocycles. The fraction of sp³-hybridized carbons (Fsp3) is 0.538. The Bertz CT molecular complexity index is 317. The highest BCUT2D eigenvalue weighted by Crippen LogP contribution is 2.04. The zero-order chi connectivity index (χ0) is 13.8. The number of hydrogen-bond acceptors (Lipinski definition) is 3. The monoisotopic (exact) mass is 315 g/mol. The Morgan fingerprint density at radius 3 is 2.61 bits per heavy atom. The summed E-state index contributed by atoms with van der Waals surface area (Å²) >= 11 is 3.25. The summed E-state index contributed by atoms with van der Waals surface area (Å²) in [6, 6.07) is 6.18. The third-order valence-electron chi connectivity index (χ3n) is 2.39. The largest absolute Gasteiger partial charge is 0.356 e. The Balaban J connectivity index is 0.000000327. The summed E-state index contributed by atoms with van der Waals surface area (Å²) in [5.74, 6) is 0. The van der Waals surface area contributed by atoms with Crippen molar-refractivity contribution in [2.45, 2.75) is 32.7 Å². The zero-order valence-corrected chi connectivity index (χ0v) is 12.8. The second-order valence-corrected chi connectivity index (χ2v) is 4.70. The molecule has 1 atom stereocenters. The smallest absolute Gasteiger partial charge is 0.207 e. The van der Waals surface area contributed by atoms with E-state index in [0.29, 0.717) is 6.04 Å². The van der Waals surface area contributed by atoms with Crippen LogP contribution in [0.3, 0.4) is 0 Å². The quantitative estimate of drug-likeness (QED) is 0.625. The van der Waals surface area contributed by atoms with Gasteiger partial charge in [0.05, 0.1) is 0 Å². The van der Waals surface area contributed by atoms with Crippen LogP contribution in [0.4, 0.5) is 0 Å². The van der Waals surface area contributed by atoms with Crippen molar-refractivity contribution in [3.05, 3.63) is 28.5 Å². The van der Waals surface area contributed by atoms with Gasteiger partial charge in [-0.25, -0.2) is 4.98 Å². The summed E-state index contributed by atoms with van der Waals surface area (Å²) in [5, 5.41) is 5.78. The van der Waals surface area contributed by atoms with E-state index >= 15 is 0 Å². The minimum absolute atomic E-state index is 0.338. The summed E-state index contributed by atoms with van der Waals surface area (Å²) in [5.41, 5.74) is 1.04. The zero-order valence-electron chi connectivity index (χ0n) is 11.2. The fourth-order valence-electron chi connectivity index (χ4n) is 1.33. The number of pyridine rings is 1. The molecule has 1 aromatic rings. The Morgan fingerprint density at radius 1 is 1.50 bits per heavy atom. The van der Waals surface area contributed by atoms with Gasteiger partial charge >= 0.3 is 0 Å². The Hall–Kier alpha value is -0.940. The molecule has 0 aliphatic carbocycles. The number of nitrogens with zero attached hydrogens (tertiary/aromatic N) is 1. The maximum absolute atomic E-state index is 10.0. The van der Waals surface area contributed by atoms with Gasteiger partial charge in [-0.3, -0.25) is 4.79 Å². The SMILES string of the molecule is CCC(CCNC)NC=O.Cc1cccc(Br)n1. The molecular weight excluding hydrogens is 294 g/mol. The van der Waals surface area contributed by atoms with Crippen LogP contribution in [0.25, 0.3) is 0 Å². The highest BCUT2D eigenvalue weighted by Gasteiger charge is 2.01. The van der Waals surface area contributed by atoms with Crippen LogP contribution >= 0.6 is 15.9 Å². The normalized spacial score (nSPS) is 11.1. The lowest BCUT2D eigenvalue weighted by molar-refractivity contribution is -0.110. The summed E-state index contributed by atoms with van der Waals surface area (Å²) in [6.45, 7) is 4.99. The maximum atomic E-state index is 10.0. The third-order valence-corrected chi connectivity index (χ3v) is 2.84. The molecule has 0 aromatic carbocycles. The van der Waals surface area contributed by atoms with Gasteiger partial charge in [-0.15, -0.1) is 0 Å². The van der Waals surface area contributed by atoms with Crippen LogP contribution in [-0.2, 0) is 4.79 Å². The first-order valence-electron chi connectivity index (χ1n) is 6.07. The lowest BCUT2D eigenvalue weighted by Gasteiger charge is -2.12. The molecule has 0 saturated heterocycles. The number of carbonyl (C=O) groups excluding carboxylic acids is 1. The molecule has 1 rings (SSSR count). The van der Waals surface area contributed by atoms with E-state index in [9.17, 15) is 4.79 Å². The number of amides is 1. The molecule has 0 bridgehead atoms. The molecule has 0 radical (unpaired) electrons. The van der Waals surface area contributed by atoms with E-state index in [1.165, 1.54) is 0 Å². The molecule has 5 heteroatoms. The van der Waals surface area contributed by atoms with Crippen LogP contribution in [0.2, 0.25) is 0 Å². The van der Waals surface area contributed by atoms with Gasteiger partial charge in [0.2, 0.25) is 6.41 Å². The molecule has 0 saturated carbocycles. The van der Waals surface area contributed by atoms with Crippen LogP contribution in [0.1, 0.15) is 25.5 Å². The highest BCUT2D eigenvalue weighted by molar-refractivity contribution is 9.10. The topological polar surface area (TPSA) is 54.0 Å². The molecule has 1 heterocycles. The Kier molecular flexibility index (Phi) is 10.6. The van der Waals surface area contributed by atoms with Gasteiger partial charge in [-0.1, -0.05) is 13.0 Å². The lowest BCUT2D eigenvalue weighted by atomic mass is 10.1. The molecule has 0 fully saturated rings. The van der Waals surface area contributed by atoms with E-state index in [0.717, 1.165) is 36.1 Å². The van der Waals surface area contributed by atoms with Crippen molar-refractivity contribution in [3.8, 4) is 0 Å². The molecular formula is C13H22BrN3O. The van der Waals surface area contributed by atoms with Gasteiger partial charge in [0.1, 0.15) is 4.60 Å². The second-order valence-electron chi connectivity index (χ2n) is 3.88. The molecule has 102 valence electrons. The Morgan fingerprint density at radius 2 is 2.22 bits per heavy atom. The number of rotatable bonds is 6. The van der Waals surface area contributed by atoms with Crippen LogP contribution in [0, 0.1) is 6.92 Å². The first-order chi connectivity index (χ1) is 8.63. The number of aryl methyl sites for hydroxylation is 1. The average molecular weight is 316 g/mol.